The lowest BCUT2D eigenvalue weighted by Gasteiger charge is -2.27. The van der Waals surface area contributed by atoms with Crippen LogP contribution in [-0.2, 0) is 39.4 Å². The van der Waals surface area contributed by atoms with Crippen molar-refractivity contribution in [3.8, 4) is 0 Å². The normalized spacial score (nSPS) is 16.6. The van der Waals surface area contributed by atoms with E-state index >= 15 is 0 Å². The van der Waals surface area contributed by atoms with Gasteiger partial charge in [0.15, 0.2) is 5.71 Å². The molecule has 0 unspecified atom stereocenters. The molecule has 2 aromatic rings. The second-order valence-electron chi connectivity index (χ2n) is 14.4. The molecule has 1 amide bonds. The Kier molecular flexibility index (Phi) is 16.5. The number of rotatable bonds is 24. The van der Waals surface area contributed by atoms with Crippen LogP contribution in [0.3, 0.4) is 0 Å². The van der Waals surface area contributed by atoms with E-state index in [1.807, 2.05) is 0 Å². The fraction of sp³-hybridized carbons (Fsp3) is 0.512. The van der Waals surface area contributed by atoms with Crippen LogP contribution in [0.5, 0.6) is 0 Å². The monoisotopic (exact) mass is 730 g/mol. The van der Waals surface area contributed by atoms with Crippen LogP contribution >= 0.6 is 0 Å². The summed E-state index contributed by atoms with van der Waals surface area (Å²) in [4.78, 5) is 25.3. The standard InChI is InChI=1S/C43H59N3O7/c1-42(2)34-16-11-13-18-36(34)45(5)38(42)20-8-6-9-21-39-43(3,4)35-17-12-14-19-37(35)46(39)25-15-7-10-22-40(47)44-24-27-51-29-31-53-33-32-52-30-28-50-26-23-41(48)49/h6,8-9,11-14,16-21H,7,10,15,22-33H2,1-5H3,(H-,44,47,48,49)/p+1. The Morgan fingerprint density at radius 1 is 0.736 bits per heavy atom. The van der Waals surface area contributed by atoms with Crippen LogP contribution in [0, 0.1) is 0 Å². The van der Waals surface area contributed by atoms with E-state index in [1.165, 1.54) is 33.9 Å². The van der Waals surface area contributed by atoms with Crippen molar-refractivity contribution in [2.75, 3.05) is 77.9 Å². The second-order valence-corrected chi connectivity index (χ2v) is 14.4. The van der Waals surface area contributed by atoms with Gasteiger partial charge < -0.3 is 34.3 Å². The summed E-state index contributed by atoms with van der Waals surface area (Å²) >= 11 is 0. The van der Waals surface area contributed by atoms with Crippen molar-refractivity contribution in [3.05, 3.63) is 95.7 Å². The molecule has 10 nitrogen and oxygen atoms in total. The van der Waals surface area contributed by atoms with E-state index in [-0.39, 0.29) is 29.8 Å². The zero-order valence-corrected chi connectivity index (χ0v) is 32.4. The summed E-state index contributed by atoms with van der Waals surface area (Å²) in [7, 11) is 2.15. The highest BCUT2D eigenvalue weighted by Gasteiger charge is 2.42. The highest BCUT2D eigenvalue weighted by atomic mass is 16.6. The van der Waals surface area contributed by atoms with Crippen molar-refractivity contribution in [2.24, 2.45) is 0 Å². The largest absolute Gasteiger partial charge is 0.481 e. The number of hydrogen-bond donors (Lipinski definition) is 2. The highest BCUT2D eigenvalue weighted by molar-refractivity contribution is 6.03. The number of nitrogens with one attached hydrogen (secondary N) is 1. The van der Waals surface area contributed by atoms with Crippen molar-refractivity contribution < 1.29 is 38.2 Å². The minimum absolute atomic E-state index is 0.00760. The number of nitrogens with zero attached hydrogens (tertiary/aromatic N) is 2. The maximum atomic E-state index is 12.4. The molecular formula is C43H60N3O7+. The number of carboxylic acids is 1. The highest BCUT2D eigenvalue weighted by Crippen LogP contribution is 2.47. The van der Waals surface area contributed by atoms with E-state index in [2.05, 4.69) is 128 Å². The van der Waals surface area contributed by atoms with Gasteiger partial charge in [-0.1, -0.05) is 74.9 Å². The Morgan fingerprint density at radius 2 is 1.36 bits per heavy atom. The molecule has 4 rings (SSSR count). The molecule has 2 heterocycles. The van der Waals surface area contributed by atoms with E-state index in [4.69, 9.17) is 24.1 Å². The third-order valence-electron chi connectivity index (χ3n) is 9.90. The summed E-state index contributed by atoms with van der Waals surface area (Å²) in [6, 6.07) is 17.3. The van der Waals surface area contributed by atoms with Crippen LogP contribution in [0.1, 0.15) is 70.9 Å². The summed E-state index contributed by atoms with van der Waals surface area (Å²) < 4.78 is 23.8. The van der Waals surface area contributed by atoms with Gasteiger partial charge in [0.05, 0.1) is 64.7 Å². The quantitative estimate of drug-likeness (QED) is 0.0698. The van der Waals surface area contributed by atoms with Crippen LogP contribution in [0.2, 0.25) is 0 Å². The summed E-state index contributed by atoms with van der Waals surface area (Å²) in [6.45, 7) is 13.7. The van der Waals surface area contributed by atoms with Crippen molar-refractivity contribution in [2.45, 2.75) is 70.6 Å². The number of unbranched alkanes of at least 4 members (excludes halogenated alkanes) is 2. The minimum atomic E-state index is -0.876. The van der Waals surface area contributed by atoms with Crippen molar-refractivity contribution in [3.63, 3.8) is 0 Å². The lowest BCUT2D eigenvalue weighted by Crippen LogP contribution is -2.28. The molecule has 2 N–H and O–H groups in total. The Balaban J connectivity index is 1.12. The molecule has 0 aromatic heterocycles. The van der Waals surface area contributed by atoms with Crippen LogP contribution in [0.25, 0.3) is 0 Å². The number of anilines is 1. The van der Waals surface area contributed by atoms with Gasteiger partial charge in [0.1, 0.15) is 7.05 Å². The molecule has 0 bridgehead atoms. The number of ether oxygens (including phenoxy) is 4. The molecule has 10 heteroatoms. The molecule has 2 aromatic carbocycles. The molecule has 0 aliphatic carbocycles. The topological polar surface area (TPSA) is 110 Å². The van der Waals surface area contributed by atoms with Gasteiger partial charge in [-0.05, 0) is 44.4 Å². The first-order chi connectivity index (χ1) is 25.5. The molecule has 0 atom stereocenters. The number of carboxylic acid groups (broad SMARTS) is 1. The zero-order valence-electron chi connectivity index (χ0n) is 32.4. The number of para-hydroxylation sites is 2. The minimum Gasteiger partial charge on any atom is -0.481 e. The molecule has 0 saturated heterocycles. The van der Waals surface area contributed by atoms with Gasteiger partial charge in [0.25, 0.3) is 0 Å². The van der Waals surface area contributed by atoms with Gasteiger partial charge in [-0.2, -0.15) is 4.58 Å². The van der Waals surface area contributed by atoms with Gasteiger partial charge in [-0.15, -0.1) is 0 Å². The molecule has 2 aliphatic rings. The van der Waals surface area contributed by atoms with Crippen molar-refractivity contribution in [1.82, 2.24) is 5.32 Å². The summed E-state index contributed by atoms with van der Waals surface area (Å²) in [5.74, 6) is -0.825. The van der Waals surface area contributed by atoms with E-state index in [0.29, 0.717) is 59.2 Å². The Hall–Kier alpha value is -4.09. The first kappa shape index (κ1) is 41.7. The van der Waals surface area contributed by atoms with Gasteiger partial charge in [-0.3, -0.25) is 9.59 Å². The molecule has 0 radical (unpaired) electrons. The molecule has 53 heavy (non-hydrogen) atoms. The Bertz CT molecular complexity index is 1620. The second kappa shape index (κ2) is 21.0. The number of hydrogen-bond acceptors (Lipinski definition) is 7. The lowest BCUT2D eigenvalue weighted by atomic mass is 9.81. The Morgan fingerprint density at radius 3 is 2.04 bits per heavy atom. The molecule has 0 saturated carbocycles. The zero-order chi connectivity index (χ0) is 38.1. The SMILES string of the molecule is C[N+]1=C(\C=C/C=C/C=C2/N(CCCCCC(=O)NCCOCCOCCOCCOCCC(=O)O)c3ccccc3C2(C)C)C(C)(C)c2ccccc21. The molecule has 0 spiro atoms. The molecule has 2 aliphatic heterocycles. The predicted molar refractivity (Wildman–Crippen MR) is 211 cm³/mol. The van der Waals surface area contributed by atoms with Crippen LogP contribution < -0.4 is 10.2 Å². The average Bonchev–Trinajstić information content (AvgIpc) is 3.47. The molecule has 288 valence electrons. The van der Waals surface area contributed by atoms with Gasteiger partial charge in [-0.25, -0.2) is 0 Å². The predicted octanol–water partition coefficient (Wildman–Crippen LogP) is 6.70. The van der Waals surface area contributed by atoms with Crippen molar-refractivity contribution >= 4 is 29.0 Å². The number of benzene rings is 2. The van der Waals surface area contributed by atoms with E-state index in [0.717, 1.165) is 25.8 Å². The first-order valence-corrected chi connectivity index (χ1v) is 19.0. The number of amides is 1. The number of fused-ring (bicyclic) bond motifs is 2. The van der Waals surface area contributed by atoms with E-state index in [9.17, 15) is 9.59 Å². The van der Waals surface area contributed by atoms with E-state index in [1.54, 1.807) is 0 Å². The summed E-state index contributed by atoms with van der Waals surface area (Å²) in [5, 5.41) is 11.5. The van der Waals surface area contributed by atoms with Gasteiger partial charge >= 0.3 is 5.97 Å². The molecular weight excluding hydrogens is 670 g/mol. The number of allylic oxidation sites excluding steroid dienone is 6. The number of aliphatic carboxylic acids is 1. The van der Waals surface area contributed by atoms with Crippen molar-refractivity contribution in [1.29, 1.82) is 0 Å². The summed E-state index contributed by atoms with van der Waals surface area (Å²) in [6.07, 6.45) is 14.2. The first-order valence-electron chi connectivity index (χ1n) is 19.0. The van der Waals surface area contributed by atoms with Gasteiger partial charge in [0, 0.05) is 54.0 Å². The third kappa shape index (κ3) is 12.0. The van der Waals surface area contributed by atoms with Crippen LogP contribution in [-0.4, -0.2) is 100 Å². The smallest absolute Gasteiger partial charge is 0.305 e. The number of carbonyl (C=O) groups is 2. The Labute approximate surface area is 316 Å². The third-order valence-corrected chi connectivity index (χ3v) is 9.90. The van der Waals surface area contributed by atoms with E-state index < -0.39 is 5.97 Å². The van der Waals surface area contributed by atoms with Gasteiger partial charge in [0.2, 0.25) is 11.6 Å². The van der Waals surface area contributed by atoms with Crippen LogP contribution in [0.4, 0.5) is 11.4 Å². The van der Waals surface area contributed by atoms with Crippen LogP contribution in [0.15, 0.2) is 84.6 Å². The maximum absolute atomic E-state index is 12.4. The summed E-state index contributed by atoms with van der Waals surface area (Å²) in [5.41, 5.74) is 7.65. The molecule has 0 fully saturated rings. The average molecular weight is 731 g/mol. The number of carbonyl (C=O) groups excluding carboxylic acids is 1. The maximum Gasteiger partial charge on any atom is 0.305 e. The fourth-order valence-electron chi connectivity index (χ4n) is 7.05. The lowest BCUT2D eigenvalue weighted by molar-refractivity contribution is -0.401. The fourth-order valence-corrected chi connectivity index (χ4v) is 7.05.